The zero-order valence-electron chi connectivity index (χ0n) is 18.0. The van der Waals surface area contributed by atoms with Crippen molar-refractivity contribution in [3.8, 4) is 5.82 Å². The van der Waals surface area contributed by atoms with Crippen LogP contribution in [0.4, 0.5) is 0 Å². The molecular weight excluding hydrogens is 416 g/mol. The second-order valence-corrected chi connectivity index (χ2v) is 8.35. The highest BCUT2D eigenvalue weighted by molar-refractivity contribution is 7.80. The standard InChI is InChI=1S/C25H24N6S/c1-17-14-20(18(2)31(17)22-10-4-6-13-28-22)24-23(21-9-3-5-12-27-21)29-25(32)30(24)16-19-8-7-11-26-15-19/h3-15,23-24H,16H2,1-2H3,(H,29,32)/t23-,24+/m1/s1. The lowest BCUT2D eigenvalue weighted by atomic mass is 9.96. The van der Waals surface area contributed by atoms with Crippen molar-refractivity contribution in [2.45, 2.75) is 32.5 Å². The normalized spacial score (nSPS) is 18.1. The lowest BCUT2D eigenvalue weighted by molar-refractivity contribution is 0.310. The second-order valence-electron chi connectivity index (χ2n) is 7.97. The predicted octanol–water partition coefficient (Wildman–Crippen LogP) is 4.45. The molecule has 5 heterocycles. The molecule has 1 saturated heterocycles. The summed E-state index contributed by atoms with van der Waals surface area (Å²) in [5, 5.41) is 4.25. The van der Waals surface area contributed by atoms with Gasteiger partial charge in [-0.05, 0) is 73.6 Å². The largest absolute Gasteiger partial charge is 0.352 e. The maximum atomic E-state index is 5.82. The van der Waals surface area contributed by atoms with Crippen LogP contribution in [0.3, 0.4) is 0 Å². The van der Waals surface area contributed by atoms with E-state index in [1.54, 1.807) is 6.20 Å². The SMILES string of the molecule is Cc1cc([C@H]2[C@@H](c3ccccn3)NC(=S)N2Cc2cccnc2)c(C)n1-c1ccccn1. The summed E-state index contributed by atoms with van der Waals surface area (Å²) in [4.78, 5) is 15.8. The van der Waals surface area contributed by atoms with Crippen molar-refractivity contribution in [2.75, 3.05) is 0 Å². The van der Waals surface area contributed by atoms with Crippen molar-refractivity contribution in [3.63, 3.8) is 0 Å². The molecule has 0 bridgehead atoms. The molecule has 32 heavy (non-hydrogen) atoms. The first-order valence-electron chi connectivity index (χ1n) is 10.6. The zero-order valence-corrected chi connectivity index (χ0v) is 18.8. The monoisotopic (exact) mass is 440 g/mol. The van der Waals surface area contributed by atoms with Crippen LogP contribution < -0.4 is 5.32 Å². The quantitative estimate of drug-likeness (QED) is 0.463. The van der Waals surface area contributed by atoms with Gasteiger partial charge in [0.25, 0.3) is 0 Å². The van der Waals surface area contributed by atoms with E-state index in [2.05, 4.69) is 61.8 Å². The van der Waals surface area contributed by atoms with Crippen LogP contribution >= 0.6 is 12.2 Å². The summed E-state index contributed by atoms with van der Waals surface area (Å²) < 4.78 is 2.20. The summed E-state index contributed by atoms with van der Waals surface area (Å²) in [7, 11) is 0. The maximum absolute atomic E-state index is 5.82. The van der Waals surface area contributed by atoms with Crippen LogP contribution in [0.5, 0.6) is 0 Å². The fourth-order valence-corrected chi connectivity index (χ4v) is 4.83. The van der Waals surface area contributed by atoms with E-state index >= 15 is 0 Å². The number of pyridine rings is 3. The fraction of sp³-hybridized carbons (Fsp3) is 0.200. The first kappa shape index (κ1) is 20.3. The highest BCUT2D eigenvalue weighted by Gasteiger charge is 2.41. The Balaban J connectivity index is 1.62. The number of aryl methyl sites for hydroxylation is 1. The Morgan fingerprint density at radius 1 is 0.969 bits per heavy atom. The molecule has 0 spiro atoms. The van der Waals surface area contributed by atoms with Gasteiger partial charge in [-0.25, -0.2) is 4.98 Å². The smallest absolute Gasteiger partial charge is 0.170 e. The van der Waals surface area contributed by atoms with Gasteiger partial charge in [-0.3, -0.25) is 9.97 Å². The van der Waals surface area contributed by atoms with Gasteiger partial charge in [0.15, 0.2) is 5.11 Å². The molecule has 7 heteroatoms. The summed E-state index contributed by atoms with van der Waals surface area (Å²) in [6, 6.07) is 18.2. The minimum Gasteiger partial charge on any atom is -0.352 e. The molecule has 1 aliphatic heterocycles. The average molecular weight is 441 g/mol. The van der Waals surface area contributed by atoms with E-state index in [1.807, 2.05) is 55.0 Å². The van der Waals surface area contributed by atoms with Crippen molar-refractivity contribution in [3.05, 3.63) is 108 Å². The van der Waals surface area contributed by atoms with Crippen molar-refractivity contribution in [2.24, 2.45) is 0 Å². The minimum absolute atomic E-state index is 0.0127. The Kier molecular flexibility index (Phi) is 5.41. The molecule has 1 aliphatic rings. The van der Waals surface area contributed by atoms with Gasteiger partial charge in [0.05, 0.1) is 17.8 Å². The number of aromatic nitrogens is 4. The Labute approximate surface area is 193 Å². The van der Waals surface area contributed by atoms with Crippen molar-refractivity contribution < 1.29 is 0 Å². The van der Waals surface area contributed by atoms with E-state index < -0.39 is 0 Å². The summed E-state index contributed by atoms with van der Waals surface area (Å²) in [5.41, 5.74) is 5.57. The van der Waals surface area contributed by atoms with Crippen molar-refractivity contribution in [1.29, 1.82) is 0 Å². The van der Waals surface area contributed by atoms with Crippen LogP contribution in [0.15, 0.2) is 79.4 Å². The van der Waals surface area contributed by atoms with E-state index in [0.29, 0.717) is 6.54 Å². The molecule has 0 radical (unpaired) electrons. The van der Waals surface area contributed by atoms with Crippen LogP contribution in [-0.4, -0.2) is 29.5 Å². The van der Waals surface area contributed by atoms with Gasteiger partial charge in [-0.2, -0.15) is 0 Å². The van der Waals surface area contributed by atoms with Crippen LogP contribution in [0, 0.1) is 13.8 Å². The Hall–Kier alpha value is -3.58. The van der Waals surface area contributed by atoms with Crippen LogP contribution in [0.25, 0.3) is 5.82 Å². The summed E-state index contributed by atoms with van der Waals surface area (Å²) in [6.07, 6.45) is 7.34. The number of nitrogens with zero attached hydrogens (tertiary/aromatic N) is 5. The van der Waals surface area contributed by atoms with Crippen molar-refractivity contribution in [1.82, 2.24) is 29.7 Å². The van der Waals surface area contributed by atoms with E-state index in [0.717, 1.165) is 33.6 Å². The first-order chi connectivity index (χ1) is 15.6. The third-order valence-corrected chi connectivity index (χ3v) is 6.29. The average Bonchev–Trinajstić information content (AvgIpc) is 3.30. The number of nitrogens with one attached hydrogen (secondary N) is 1. The molecule has 0 aliphatic carbocycles. The van der Waals surface area contributed by atoms with Gasteiger partial charge in [-0.1, -0.05) is 18.2 Å². The van der Waals surface area contributed by atoms with E-state index in [-0.39, 0.29) is 12.1 Å². The molecule has 0 aromatic carbocycles. The zero-order chi connectivity index (χ0) is 22.1. The fourth-order valence-electron chi connectivity index (χ4n) is 4.53. The number of thiocarbonyl (C=S) groups is 1. The molecule has 1 N–H and O–H groups in total. The van der Waals surface area contributed by atoms with Gasteiger partial charge in [-0.15, -0.1) is 0 Å². The molecule has 6 nitrogen and oxygen atoms in total. The van der Waals surface area contributed by atoms with Gasteiger partial charge < -0.3 is 14.8 Å². The molecule has 4 aromatic rings. The number of rotatable bonds is 5. The van der Waals surface area contributed by atoms with E-state index in [9.17, 15) is 0 Å². The third kappa shape index (κ3) is 3.65. The third-order valence-electron chi connectivity index (χ3n) is 5.94. The molecule has 2 atom stereocenters. The highest BCUT2D eigenvalue weighted by Crippen LogP contribution is 2.41. The maximum Gasteiger partial charge on any atom is 0.170 e. The topological polar surface area (TPSA) is 58.9 Å². The lowest BCUT2D eigenvalue weighted by Crippen LogP contribution is -2.29. The van der Waals surface area contributed by atoms with Crippen molar-refractivity contribution >= 4 is 17.3 Å². The molecule has 160 valence electrons. The summed E-state index contributed by atoms with van der Waals surface area (Å²) in [5.74, 6) is 0.912. The molecule has 1 fully saturated rings. The molecule has 0 saturated carbocycles. The first-order valence-corrected chi connectivity index (χ1v) is 11.0. The second kappa shape index (κ2) is 8.51. The molecule has 0 amide bonds. The Bertz CT molecular complexity index is 1220. The Morgan fingerprint density at radius 3 is 2.47 bits per heavy atom. The Morgan fingerprint density at radius 2 is 1.78 bits per heavy atom. The van der Waals surface area contributed by atoms with Crippen LogP contribution in [0.2, 0.25) is 0 Å². The molecule has 0 unspecified atom stereocenters. The number of hydrogen-bond donors (Lipinski definition) is 1. The predicted molar refractivity (Wildman–Crippen MR) is 128 cm³/mol. The molecule has 4 aromatic heterocycles. The highest BCUT2D eigenvalue weighted by atomic mass is 32.1. The van der Waals surface area contributed by atoms with Gasteiger partial charge in [0.1, 0.15) is 5.82 Å². The van der Waals surface area contributed by atoms with E-state index in [4.69, 9.17) is 12.2 Å². The minimum atomic E-state index is -0.0574. The van der Waals surface area contributed by atoms with Gasteiger partial charge in [0, 0.05) is 42.7 Å². The summed E-state index contributed by atoms with van der Waals surface area (Å²) >= 11 is 5.82. The van der Waals surface area contributed by atoms with Gasteiger partial charge >= 0.3 is 0 Å². The summed E-state index contributed by atoms with van der Waals surface area (Å²) in [6.45, 7) is 4.93. The molecule has 5 rings (SSSR count). The number of hydrogen-bond acceptors (Lipinski definition) is 4. The van der Waals surface area contributed by atoms with E-state index in [1.165, 1.54) is 5.56 Å². The van der Waals surface area contributed by atoms with Crippen LogP contribution in [-0.2, 0) is 6.54 Å². The van der Waals surface area contributed by atoms with Gasteiger partial charge in [0.2, 0.25) is 0 Å². The lowest BCUT2D eigenvalue weighted by Gasteiger charge is -2.28. The molecular formula is C25H24N6S. The van der Waals surface area contributed by atoms with Crippen LogP contribution in [0.1, 0.15) is 40.3 Å².